The van der Waals surface area contributed by atoms with Gasteiger partial charge < -0.3 is 10.1 Å². The van der Waals surface area contributed by atoms with Crippen LogP contribution in [0.3, 0.4) is 0 Å². The molecule has 1 fully saturated rings. The molecule has 0 saturated heterocycles. The first-order chi connectivity index (χ1) is 13.9. The fourth-order valence-electron chi connectivity index (χ4n) is 3.93. The highest BCUT2D eigenvalue weighted by molar-refractivity contribution is 6.21. The van der Waals surface area contributed by atoms with Crippen LogP contribution in [0.5, 0.6) is 0 Å². The Balaban J connectivity index is 1.58. The minimum absolute atomic E-state index is 0.118. The van der Waals surface area contributed by atoms with Crippen molar-refractivity contribution in [2.45, 2.75) is 58.4 Å². The number of carbonyl (C=O) groups is 4. The summed E-state index contributed by atoms with van der Waals surface area (Å²) in [5.74, 6) is -1.32. The Morgan fingerprint density at radius 3 is 2.59 bits per heavy atom. The van der Waals surface area contributed by atoms with Crippen LogP contribution >= 0.6 is 0 Å². The number of nitrogens with one attached hydrogen (secondary N) is 1. The number of benzene rings is 1. The molecule has 0 spiro atoms. The molecule has 0 aromatic heterocycles. The van der Waals surface area contributed by atoms with E-state index in [2.05, 4.69) is 12.2 Å². The van der Waals surface area contributed by atoms with Crippen molar-refractivity contribution >= 4 is 23.7 Å². The molecule has 156 valence electrons. The van der Waals surface area contributed by atoms with Crippen molar-refractivity contribution in [3.05, 3.63) is 34.9 Å². The van der Waals surface area contributed by atoms with Gasteiger partial charge in [0.1, 0.15) is 0 Å². The number of esters is 1. The number of amides is 3. The largest absolute Gasteiger partial charge is 0.452 e. The Morgan fingerprint density at radius 1 is 1.14 bits per heavy atom. The summed E-state index contributed by atoms with van der Waals surface area (Å²) in [6.45, 7) is 4.09. The van der Waals surface area contributed by atoms with Gasteiger partial charge in [0.25, 0.3) is 17.7 Å². The van der Waals surface area contributed by atoms with Crippen molar-refractivity contribution < 1.29 is 23.9 Å². The molecule has 1 saturated carbocycles. The smallest absolute Gasteiger partial charge is 0.338 e. The van der Waals surface area contributed by atoms with Gasteiger partial charge in [0.05, 0.1) is 16.7 Å². The van der Waals surface area contributed by atoms with Gasteiger partial charge >= 0.3 is 5.97 Å². The van der Waals surface area contributed by atoms with Crippen molar-refractivity contribution in [1.29, 1.82) is 0 Å². The molecule has 3 amide bonds. The Morgan fingerprint density at radius 2 is 1.86 bits per heavy atom. The monoisotopic (exact) mass is 400 g/mol. The summed E-state index contributed by atoms with van der Waals surface area (Å²) in [6, 6.07) is 4.43. The molecular weight excluding hydrogens is 372 g/mol. The molecule has 1 aromatic rings. The molecule has 1 aromatic carbocycles. The zero-order valence-corrected chi connectivity index (χ0v) is 17.0. The minimum Gasteiger partial charge on any atom is -0.452 e. The maximum absolute atomic E-state index is 12.5. The van der Waals surface area contributed by atoms with Crippen LogP contribution in [0.25, 0.3) is 0 Å². The van der Waals surface area contributed by atoms with Crippen LogP contribution in [0.15, 0.2) is 18.2 Å². The van der Waals surface area contributed by atoms with E-state index < -0.39 is 11.9 Å². The standard InChI is InChI=1S/C22H28N2O5/c1-3-4-11-24-20(26)16-10-9-15(12-17(16)21(24)27)22(28)29-13-19(25)23-18-8-6-5-7-14(18)2/h9-10,12,14,18H,3-8,11,13H2,1-2H3,(H,23,25)/t14-,18+/m1/s1. The van der Waals surface area contributed by atoms with Gasteiger partial charge in [-0.25, -0.2) is 4.79 Å². The lowest BCUT2D eigenvalue weighted by Gasteiger charge is -2.29. The van der Waals surface area contributed by atoms with Gasteiger partial charge in [0.2, 0.25) is 0 Å². The molecule has 7 nitrogen and oxygen atoms in total. The summed E-state index contributed by atoms with van der Waals surface area (Å²) >= 11 is 0. The zero-order chi connectivity index (χ0) is 21.0. The molecule has 1 N–H and O–H groups in total. The van der Waals surface area contributed by atoms with Gasteiger partial charge in [0, 0.05) is 12.6 Å². The third-order valence-corrected chi connectivity index (χ3v) is 5.73. The third-order valence-electron chi connectivity index (χ3n) is 5.73. The third kappa shape index (κ3) is 4.66. The van der Waals surface area contributed by atoms with Gasteiger partial charge in [0.15, 0.2) is 6.61 Å². The lowest BCUT2D eigenvalue weighted by molar-refractivity contribution is -0.125. The zero-order valence-electron chi connectivity index (χ0n) is 17.0. The number of fused-ring (bicyclic) bond motifs is 1. The summed E-state index contributed by atoms with van der Waals surface area (Å²) in [5.41, 5.74) is 0.661. The molecule has 0 unspecified atom stereocenters. The summed E-state index contributed by atoms with van der Waals surface area (Å²) in [6.07, 6.45) is 5.89. The van der Waals surface area contributed by atoms with Crippen LogP contribution in [0, 0.1) is 5.92 Å². The number of nitrogens with zero attached hydrogens (tertiary/aromatic N) is 1. The Hall–Kier alpha value is -2.70. The summed E-state index contributed by atoms with van der Waals surface area (Å²) in [7, 11) is 0. The second kappa shape index (κ2) is 9.20. The normalized spacial score (nSPS) is 21.1. The molecule has 2 atom stereocenters. The van der Waals surface area contributed by atoms with E-state index in [1.807, 2.05) is 6.92 Å². The number of hydrogen-bond acceptors (Lipinski definition) is 5. The fourth-order valence-corrected chi connectivity index (χ4v) is 3.93. The van der Waals surface area contributed by atoms with E-state index in [-0.39, 0.29) is 35.6 Å². The first kappa shape index (κ1) is 21.0. The topological polar surface area (TPSA) is 92.8 Å². The average molecular weight is 400 g/mol. The number of imide groups is 1. The second-order valence-corrected chi connectivity index (χ2v) is 7.89. The predicted octanol–water partition coefficient (Wildman–Crippen LogP) is 2.93. The van der Waals surface area contributed by atoms with Crippen LogP contribution in [0.2, 0.25) is 0 Å². The SMILES string of the molecule is CCCCN1C(=O)c2ccc(C(=O)OCC(=O)N[C@H]3CCCC[C@H]3C)cc2C1=O. The van der Waals surface area contributed by atoms with E-state index in [1.165, 1.54) is 29.5 Å². The van der Waals surface area contributed by atoms with Crippen molar-refractivity contribution in [3.8, 4) is 0 Å². The number of unbranched alkanes of at least 4 members (excludes halogenated alkanes) is 1. The highest BCUT2D eigenvalue weighted by Crippen LogP contribution is 2.25. The van der Waals surface area contributed by atoms with E-state index in [1.54, 1.807) is 0 Å². The number of ether oxygens (including phenoxy) is 1. The van der Waals surface area contributed by atoms with E-state index in [9.17, 15) is 19.2 Å². The van der Waals surface area contributed by atoms with E-state index in [0.29, 0.717) is 18.0 Å². The fraction of sp³-hybridized carbons (Fsp3) is 0.545. The van der Waals surface area contributed by atoms with Gasteiger partial charge in [-0.05, 0) is 43.4 Å². The van der Waals surface area contributed by atoms with Crippen molar-refractivity contribution in [2.75, 3.05) is 13.2 Å². The summed E-state index contributed by atoms with van der Waals surface area (Å²) in [4.78, 5) is 50.5. The first-order valence-corrected chi connectivity index (χ1v) is 10.4. The number of rotatable bonds is 7. The Bertz CT molecular complexity index is 819. The molecular formula is C22H28N2O5. The molecule has 0 radical (unpaired) electrons. The predicted molar refractivity (Wildman–Crippen MR) is 107 cm³/mol. The van der Waals surface area contributed by atoms with Crippen LogP contribution in [0.1, 0.15) is 83.4 Å². The molecule has 0 bridgehead atoms. The van der Waals surface area contributed by atoms with E-state index >= 15 is 0 Å². The lowest BCUT2D eigenvalue weighted by atomic mass is 9.86. The lowest BCUT2D eigenvalue weighted by Crippen LogP contribution is -2.42. The molecule has 1 aliphatic heterocycles. The molecule has 1 heterocycles. The maximum Gasteiger partial charge on any atom is 0.338 e. The van der Waals surface area contributed by atoms with Gasteiger partial charge in [-0.15, -0.1) is 0 Å². The van der Waals surface area contributed by atoms with Crippen molar-refractivity contribution in [1.82, 2.24) is 10.2 Å². The summed E-state index contributed by atoms with van der Waals surface area (Å²) < 4.78 is 5.12. The Kier molecular flexibility index (Phi) is 6.67. The molecule has 29 heavy (non-hydrogen) atoms. The van der Waals surface area contributed by atoms with Crippen molar-refractivity contribution in [3.63, 3.8) is 0 Å². The van der Waals surface area contributed by atoms with E-state index in [0.717, 1.165) is 32.1 Å². The quantitative estimate of drug-likeness (QED) is 0.561. The van der Waals surface area contributed by atoms with Crippen LogP contribution in [0.4, 0.5) is 0 Å². The second-order valence-electron chi connectivity index (χ2n) is 7.89. The van der Waals surface area contributed by atoms with Crippen LogP contribution in [-0.2, 0) is 9.53 Å². The first-order valence-electron chi connectivity index (χ1n) is 10.4. The molecule has 1 aliphatic carbocycles. The van der Waals surface area contributed by atoms with Gasteiger partial charge in [-0.1, -0.05) is 33.1 Å². The number of carbonyl (C=O) groups excluding carboxylic acids is 4. The van der Waals surface area contributed by atoms with Crippen molar-refractivity contribution in [2.24, 2.45) is 5.92 Å². The van der Waals surface area contributed by atoms with Crippen LogP contribution < -0.4 is 5.32 Å². The molecule has 7 heteroatoms. The minimum atomic E-state index is -0.688. The highest BCUT2D eigenvalue weighted by Gasteiger charge is 2.35. The number of hydrogen-bond donors (Lipinski definition) is 1. The highest BCUT2D eigenvalue weighted by atomic mass is 16.5. The van der Waals surface area contributed by atoms with Gasteiger partial charge in [-0.3, -0.25) is 19.3 Å². The maximum atomic E-state index is 12.5. The molecule has 2 aliphatic rings. The average Bonchev–Trinajstić information content (AvgIpc) is 2.96. The van der Waals surface area contributed by atoms with Crippen LogP contribution in [-0.4, -0.2) is 47.8 Å². The van der Waals surface area contributed by atoms with Gasteiger partial charge in [-0.2, -0.15) is 0 Å². The summed E-state index contributed by atoms with van der Waals surface area (Å²) in [5, 5.41) is 2.93. The molecule has 3 rings (SSSR count). The Labute approximate surface area is 170 Å². The van der Waals surface area contributed by atoms with E-state index in [4.69, 9.17) is 4.74 Å².